The van der Waals surface area contributed by atoms with Crippen molar-refractivity contribution in [3.63, 3.8) is 0 Å². The SMILES string of the molecule is CC(C)N1C(=O)c2ccc(C(=O)NCC(=O)Nc3ccc(Br)cc3)cc2S1(=O)=O. The minimum atomic E-state index is -4.01. The van der Waals surface area contributed by atoms with Crippen LogP contribution in [-0.4, -0.2) is 43.0 Å². The minimum Gasteiger partial charge on any atom is -0.343 e. The lowest BCUT2D eigenvalue weighted by Crippen LogP contribution is -2.36. The van der Waals surface area contributed by atoms with Crippen molar-refractivity contribution in [3.8, 4) is 0 Å². The zero-order valence-corrected chi connectivity index (χ0v) is 18.0. The van der Waals surface area contributed by atoms with Gasteiger partial charge in [0.1, 0.15) is 4.90 Å². The van der Waals surface area contributed by atoms with Gasteiger partial charge in [0, 0.05) is 21.8 Å². The van der Waals surface area contributed by atoms with Crippen molar-refractivity contribution in [3.05, 3.63) is 58.1 Å². The van der Waals surface area contributed by atoms with Crippen molar-refractivity contribution < 1.29 is 22.8 Å². The van der Waals surface area contributed by atoms with Gasteiger partial charge in [-0.15, -0.1) is 0 Å². The quantitative estimate of drug-likeness (QED) is 0.683. The van der Waals surface area contributed by atoms with E-state index < -0.39 is 33.8 Å². The van der Waals surface area contributed by atoms with Crippen LogP contribution in [0.15, 0.2) is 51.8 Å². The lowest BCUT2D eigenvalue weighted by Gasteiger charge is -2.18. The van der Waals surface area contributed by atoms with Gasteiger partial charge in [-0.3, -0.25) is 14.4 Å². The second kappa shape index (κ2) is 7.96. The van der Waals surface area contributed by atoms with Crippen LogP contribution in [0, 0.1) is 0 Å². The van der Waals surface area contributed by atoms with Crippen LogP contribution in [0.2, 0.25) is 0 Å². The Morgan fingerprint density at radius 3 is 2.38 bits per heavy atom. The summed E-state index contributed by atoms with van der Waals surface area (Å²) in [6.45, 7) is 2.90. The maximum absolute atomic E-state index is 12.6. The van der Waals surface area contributed by atoms with Crippen LogP contribution in [0.25, 0.3) is 0 Å². The summed E-state index contributed by atoms with van der Waals surface area (Å²) < 4.78 is 26.9. The number of anilines is 1. The molecule has 29 heavy (non-hydrogen) atoms. The molecule has 0 bridgehead atoms. The Morgan fingerprint density at radius 1 is 1.10 bits per heavy atom. The zero-order valence-electron chi connectivity index (χ0n) is 15.6. The molecule has 1 aliphatic heterocycles. The normalized spacial score (nSPS) is 14.6. The summed E-state index contributed by atoms with van der Waals surface area (Å²) >= 11 is 3.30. The molecule has 0 saturated heterocycles. The number of rotatable bonds is 5. The standard InChI is InChI=1S/C19H18BrN3O5S/c1-11(2)23-19(26)15-8-3-12(9-16(15)29(23,27)28)18(25)21-10-17(24)22-14-6-4-13(20)5-7-14/h3-9,11H,10H2,1-2H3,(H,21,25)(H,22,24). The summed E-state index contributed by atoms with van der Waals surface area (Å²) in [6.07, 6.45) is 0. The fraction of sp³-hybridized carbons (Fsp3) is 0.211. The molecule has 8 nitrogen and oxygen atoms in total. The summed E-state index contributed by atoms with van der Waals surface area (Å²) in [4.78, 5) is 36.5. The molecule has 0 aliphatic carbocycles. The van der Waals surface area contributed by atoms with Gasteiger partial charge < -0.3 is 10.6 Å². The van der Waals surface area contributed by atoms with Gasteiger partial charge in [-0.1, -0.05) is 15.9 Å². The zero-order chi connectivity index (χ0) is 21.3. The van der Waals surface area contributed by atoms with Gasteiger partial charge >= 0.3 is 0 Å². The number of hydrogen-bond acceptors (Lipinski definition) is 5. The number of halogens is 1. The molecule has 2 aromatic carbocycles. The molecule has 0 unspecified atom stereocenters. The molecule has 3 rings (SSSR count). The molecular formula is C19H18BrN3O5S. The van der Waals surface area contributed by atoms with Crippen LogP contribution in [0.1, 0.15) is 34.6 Å². The highest BCUT2D eigenvalue weighted by Gasteiger charge is 2.42. The number of amides is 3. The molecule has 3 amide bonds. The highest BCUT2D eigenvalue weighted by molar-refractivity contribution is 9.10. The summed E-state index contributed by atoms with van der Waals surface area (Å²) in [5, 5.41) is 5.07. The van der Waals surface area contributed by atoms with Crippen LogP contribution in [0.3, 0.4) is 0 Å². The van der Waals surface area contributed by atoms with Crippen LogP contribution >= 0.6 is 15.9 Å². The number of fused-ring (bicyclic) bond motifs is 1. The van der Waals surface area contributed by atoms with Gasteiger partial charge in [-0.2, -0.15) is 0 Å². The number of nitrogens with zero attached hydrogens (tertiary/aromatic N) is 1. The molecule has 1 heterocycles. The van der Waals surface area contributed by atoms with Crippen molar-refractivity contribution >= 4 is 49.4 Å². The second-order valence-corrected chi connectivity index (χ2v) is 9.35. The van der Waals surface area contributed by atoms with Gasteiger partial charge in [0.15, 0.2) is 0 Å². The maximum Gasteiger partial charge on any atom is 0.269 e. The first kappa shape index (κ1) is 21.0. The Bertz CT molecular complexity index is 1100. The van der Waals surface area contributed by atoms with E-state index in [1.165, 1.54) is 12.1 Å². The van der Waals surface area contributed by atoms with Crippen LogP contribution in [-0.2, 0) is 14.8 Å². The van der Waals surface area contributed by atoms with Gasteiger partial charge in [-0.05, 0) is 56.3 Å². The molecule has 0 saturated carbocycles. The molecule has 2 N–H and O–H groups in total. The summed E-state index contributed by atoms with van der Waals surface area (Å²) in [7, 11) is -4.01. The molecule has 2 aromatic rings. The first-order valence-corrected chi connectivity index (χ1v) is 10.9. The molecule has 152 valence electrons. The monoisotopic (exact) mass is 479 g/mol. The van der Waals surface area contributed by atoms with Crippen molar-refractivity contribution in [2.24, 2.45) is 0 Å². The maximum atomic E-state index is 12.6. The van der Waals surface area contributed by atoms with Crippen molar-refractivity contribution in [2.45, 2.75) is 24.8 Å². The number of sulfonamides is 1. The van der Waals surface area contributed by atoms with Crippen molar-refractivity contribution in [1.29, 1.82) is 0 Å². The fourth-order valence-corrected chi connectivity index (χ4v) is 4.96. The summed E-state index contributed by atoms with van der Waals surface area (Å²) in [6, 6.07) is 10.2. The number of carbonyl (C=O) groups excluding carboxylic acids is 3. The Hall–Kier alpha value is -2.72. The van der Waals surface area contributed by atoms with Crippen LogP contribution < -0.4 is 10.6 Å². The van der Waals surface area contributed by atoms with Crippen LogP contribution in [0.4, 0.5) is 5.69 Å². The average molecular weight is 480 g/mol. The largest absolute Gasteiger partial charge is 0.343 e. The number of nitrogens with one attached hydrogen (secondary N) is 2. The predicted molar refractivity (Wildman–Crippen MR) is 110 cm³/mol. The Balaban J connectivity index is 1.70. The Morgan fingerprint density at radius 2 is 1.76 bits per heavy atom. The molecule has 1 aliphatic rings. The lowest BCUT2D eigenvalue weighted by molar-refractivity contribution is -0.115. The van der Waals surface area contributed by atoms with E-state index in [0.29, 0.717) is 5.69 Å². The van der Waals surface area contributed by atoms with Gasteiger partial charge in [0.25, 0.3) is 21.8 Å². The topological polar surface area (TPSA) is 113 Å². The van der Waals surface area contributed by atoms with E-state index in [1.807, 2.05) is 0 Å². The van der Waals surface area contributed by atoms with E-state index in [1.54, 1.807) is 38.1 Å². The minimum absolute atomic E-state index is 0.0308. The van der Waals surface area contributed by atoms with E-state index in [9.17, 15) is 22.8 Å². The number of carbonyl (C=O) groups is 3. The average Bonchev–Trinajstić information content (AvgIpc) is 2.87. The predicted octanol–water partition coefficient (Wildman–Crippen LogP) is 2.37. The molecule has 0 aromatic heterocycles. The van der Waals surface area contributed by atoms with E-state index >= 15 is 0 Å². The fourth-order valence-electron chi connectivity index (χ4n) is 2.90. The molecule has 0 radical (unpaired) electrons. The third kappa shape index (κ3) is 4.18. The molecule has 0 spiro atoms. The van der Waals surface area contributed by atoms with Gasteiger partial charge in [-0.25, -0.2) is 12.7 Å². The molecule has 10 heteroatoms. The Labute approximate surface area is 176 Å². The molecular weight excluding hydrogens is 462 g/mol. The Kier molecular flexibility index (Phi) is 5.76. The van der Waals surface area contributed by atoms with Gasteiger partial charge in [0.05, 0.1) is 12.1 Å². The molecule has 0 fully saturated rings. The molecule has 0 atom stereocenters. The number of benzene rings is 2. The smallest absolute Gasteiger partial charge is 0.269 e. The first-order chi connectivity index (χ1) is 13.6. The highest BCUT2D eigenvalue weighted by atomic mass is 79.9. The van der Waals surface area contributed by atoms with E-state index in [2.05, 4.69) is 26.6 Å². The highest BCUT2D eigenvalue weighted by Crippen LogP contribution is 2.32. The first-order valence-electron chi connectivity index (χ1n) is 8.67. The lowest BCUT2D eigenvalue weighted by atomic mass is 10.1. The van der Waals surface area contributed by atoms with Gasteiger partial charge in [0.2, 0.25) is 5.91 Å². The van der Waals surface area contributed by atoms with E-state index in [4.69, 9.17) is 0 Å². The summed E-state index contributed by atoms with van der Waals surface area (Å²) in [5.41, 5.74) is 0.647. The third-order valence-corrected chi connectivity index (χ3v) is 6.75. The van der Waals surface area contributed by atoms with Crippen LogP contribution in [0.5, 0.6) is 0 Å². The number of hydrogen-bond donors (Lipinski definition) is 2. The van der Waals surface area contributed by atoms with Crippen molar-refractivity contribution in [1.82, 2.24) is 9.62 Å². The van der Waals surface area contributed by atoms with E-state index in [-0.39, 0.29) is 22.6 Å². The summed E-state index contributed by atoms with van der Waals surface area (Å²) in [5.74, 6) is -1.67. The van der Waals surface area contributed by atoms with E-state index in [0.717, 1.165) is 14.8 Å². The third-order valence-electron chi connectivity index (χ3n) is 4.22. The second-order valence-electron chi connectivity index (χ2n) is 6.65. The van der Waals surface area contributed by atoms with Crippen molar-refractivity contribution in [2.75, 3.05) is 11.9 Å².